The third-order valence-electron chi connectivity index (χ3n) is 6.18. The fourth-order valence-electron chi connectivity index (χ4n) is 4.47. The summed E-state index contributed by atoms with van der Waals surface area (Å²) in [5.41, 5.74) is 4.55. The zero-order valence-electron chi connectivity index (χ0n) is 16.7. The Labute approximate surface area is 174 Å². The van der Waals surface area contributed by atoms with E-state index in [0.717, 1.165) is 60.5 Å². The Bertz CT molecular complexity index is 1190. The first kappa shape index (κ1) is 17.4. The molecule has 1 aliphatic carbocycles. The van der Waals surface area contributed by atoms with Gasteiger partial charge in [0.1, 0.15) is 11.5 Å². The first-order valence-electron chi connectivity index (χ1n) is 10.7. The number of likely N-dealkylation sites (tertiary alicyclic amines) is 1. The number of nitrogens with zero attached hydrogens (tertiary/aromatic N) is 4. The van der Waals surface area contributed by atoms with E-state index >= 15 is 0 Å². The third kappa shape index (κ3) is 2.91. The normalized spacial score (nSPS) is 18.9. The summed E-state index contributed by atoms with van der Waals surface area (Å²) in [6.07, 6.45) is 4.21. The van der Waals surface area contributed by atoms with E-state index < -0.39 is 0 Å². The molecule has 4 aromatic rings. The molecule has 6 heteroatoms. The molecule has 2 fully saturated rings. The molecule has 0 radical (unpaired) electrons. The van der Waals surface area contributed by atoms with Crippen LogP contribution in [-0.4, -0.2) is 37.1 Å². The lowest BCUT2D eigenvalue weighted by atomic mass is 10.2. The van der Waals surface area contributed by atoms with Crippen LogP contribution in [0.5, 0.6) is 0 Å². The van der Waals surface area contributed by atoms with E-state index in [2.05, 4.69) is 4.98 Å². The van der Waals surface area contributed by atoms with E-state index in [0.29, 0.717) is 11.6 Å². The highest BCUT2D eigenvalue weighted by Gasteiger charge is 2.36. The van der Waals surface area contributed by atoms with Crippen molar-refractivity contribution in [2.24, 2.45) is 0 Å². The first-order chi connectivity index (χ1) is 14.8. The molecule has 1 atom stereocenters. The van der Waals surface area contributed by atoms with Crippen LogP contribution in [0.1, 0.15) is 59.6 Å². The summed E-state index contributed by atoms with van der Waals surface area (Å²) < 4.78 is 1.82. The quantitative estimate of drug-likeness (QED) is 0.547. The van der Waals surface area contributed by atoms with Crippen LogP contribution in [0.25, 0.3) is 16.7 Å². The van der Waals surface area contributed by atoms with Gasteiger partial charge in [-0.15, -0.1) is 0 Å². The Morgan fingerprint density at radius 2 is 1.80 bits per heavy atom. The van der Waals surface area contributed by atoms with Crippen LogP contribution in [0, 0.1) is 0 Å². The Hall–Kier alpha value is -3.41. The van der Waals surface area contributed by atoms with Gasteiger partial charge in [0, 0.05) is 12.5 Å². The summed E-state index contributed by atoms with van der Waals surface area (Å²) in [7, 11) is 0. The predicted octanol–water partition coefficient (Wildman–Crippen LogP) is 4.60. The number of imidazole rings is 1. The van der Waals surface area contributed by atoms with Gasteiger partial charge in [-0.25, -0.2) is 9.67 Å². The summed E-state index contributed by atoms with van der Waals surface area (Å²) in [6, 6.07) is 19.9. The molecule has 1 saturated heterocycles. The standard InChI is InChI=1S/C24H23N5O/c30-24(22-15-20(16-12-13-16)27-29(22)17-7-2-1-3-8-17)28-14-6-11-21(28)23-25-18-9-4-5-10-19(18)26-23/h1-5,7-10,15-16,21H,6,11-14H2,(H,25,26)/t21-/m0/s1. The summed E-state index contributed by atoms with van der Waals surface area (Å²) in [5.74, 6) is 1.39. The number of carbonyl (C=O) groups is 1. The molecule has 1 saturated carbocycles. The Kier molecular flexibility index (Phi) is 3.97. The largest absolute Gasteiger partial charge is 0.340 e. The van der Waals surface area contributed by atoms with Crippen molar-refractivity contribution in [3.63, 3.8) is 0 Å². The van der Waals surface area contributed by atoms with Crippen molar-refractivity contribution in [3.05, 3.63) is 77.9 Å². The van der Waals surface area contributed by atoms with Crippen LogP contribution < -0.4 is 0 Å². The fraction of sp³-hybridized carbons (Fsp3) is 0.292. The van der Waals surface area contributed by atoms with Gasteiger partial charge in [-0.05, 0) is 56.0 Å². The van der Waals surface area contributed by atoms with Crippen LogP contribution in [0.15, 0.2) is 60.7 Å². The molecule has 30 heavy (non-hydrogen) atoms. The van der Waals surface area contributed by atoms with Crippen molar-refractivity contribution >= 4 is 16.9 Å². The van der Waals surface area contributed by atoms with Crippen molar-refractivity contribution in [2.45, 2.75) is 37.6 Å². The molecule has 0 bridgehead atoms. The molecule has 2 aromatic carbocycles. The van der Waals surface area contributed by atoms with E-state index in [1.54, 1.807) is 0 Å². The van der Waals surface area contributed by atoms with Crippen LogP contribution >= 0.6 is 0 Å². The highest BCUT2D eigenvalue weighted by atomic mass is 16.2. The Morgan fingerprint density at radius 1 is 1.00 bits per heavy atom. The fourth-order valence-corrected chi connectivity index (χ4v) is 4.47. The number of hydrogen-bond acceptors (Lipinski definition) is 3. The molecule has 2 aromatic heterocycles. The summed E-state index contributed by atoms with van der Waals surface area (Å²) >= 11 is 0. The number of benzene rings is 2. The average Bonchev–Trinajstić information content (AvgIpc) is 3.20. The summed E-state index contributed by atoms with van der Waals surface area (Å²) in [6.45, 7) is 0.735. The molecule has 2 aliphatic rings. The minimum absolute atomic E-state index is 0.0289. The van der Waals surface area contributed by atoms with Gasteiger partial charge in [-0.3, -0.25) is 4.79 Å². The number of hydrogen-bond donors (Lipinski definition) is 1. The van der Waals surface area contributed by atoms with Crippen molar-refractivity contribution in [1.82, 2.24) is 24.6 Å². The Morgan fingerprint density at radius 3 is 2.60 bits per heavy atom. The molecule has 0 spiro atoms. The minimum atomic E-state index is -0.0339. The second-order valence-corrected chi connectivity index (χ2v) is 8.27. The second-order valence-electron chi connectivity index (χ2n) is 8.27. The molecule has 1 aliphatic heterocycles. The number of H-pyrrole nitrogens is 1. The molecule has 1 N–H and O–H groups in total. The van der Waals surface area contributed by atoms with Gasteiger partial charge in [0.15, 0.2) is 0 Å². The van der Waals surface area contributed by atoms with E-state index in [1.165, 1.54) is 0 Å². The van der Waals surface area contributed by atoms with Gasteiger partial charge >= 0.3 is 0 Å². The predicted molar refractivity (Wildman–Crippen MR) is 115 cm³/mol. The molecular weight excluding hydrogens is 374 g/mol. The van der Waals surface area contributed by atoms with E-state index in [1.807, 2.05) is 70.2 Å². The maximum Gasteiger partial charge on any atom is 0.273 e. The number of aromatic nitrogens is 4. The van der Waals surface area contributed by atoms with Crippen molar-refractivity contribution in [1.29, 1.82) is 0 Å². The minimum Gasteiger partial charge on any atom is -0.340 e. The van der Waals surface area contributed by atoms with E-state index in [9.17, 15) is 4.79 Å². The molecule has 6 nitrogen and oxygen atoms in total. The molecule has 6 rings (SSSR count). The van der Waals surface area contributed by atoms with Gasteiger partial charge in [0.05, 0.1) is 28.5 Å². The number of nitrogens with one attached hydrogen (secondary N) is 1. The SMILES string of the molecule is O=C(c1cc(C2CC2)nn1-c1ccccc1)N1CCC[C@H]1c1nc2ccccc2[nH]1. The molecular formula is C24H23N5O. The maximum absolute atomic E-state index is 13.7. The van der Waals surface area contributed by atoms with Gasteiger partial charge < -0.3 is 9.88 Å². The van der Waals surface area contributed by atoms with E-state index in [-0.39, 0.29) is 11.9 Å². The van der Waals surface area contributed by atoms with E-state index in [4.69, 9.17) is 10.1 Å². The van der Waals surface area contributed by atoms with Crippen molar-refractivity contribution < 1.29 is 4.79 Å². The molecule has 150 valence electrons. The zero-order chi connectivity index (χ0) is 20.1. The summed E-state index contributed by atoms with van der Waals surface area (Å²) in [4.78, 5) is 23.9. The lowest BCUT2D eigenvalue weighted by Crippen LogP contribution is -2.32. The van der Waals surface area contributed by atoms with Crippen LogP contribution in [0.3, 0.4) is 0 Å². The van der Waals surface area contributed by atoms with Crippen molar-refractivity contribution in [2.75, 3.05) is 6.54 Å². The Balaban J connectivity index is 1.38. The average molecular weight is 397 g/mol. The topological polar surface area (TPSA) is 66.8 Å². The van der Waals surface area contributed by atoms with Crippen molar-refractivity contribution in [3.8, 4) is 5.69 Å². The summed E-state index contributed by atoms with van der Waals surface area (Å²) in [5, 5.41) is 4.81. The van der Waals surface area contributed by atoms with Gasteiger partial charge in [-0.1, -0.05) is 30.3 Å². The molecule has 1 amide bonds. The van der Waals surface area contributed by atoms with Gasteiger partial charge in [-0.2, -0.15) is 5.10 Å². The maximum atomic E-state index is 13.7. The number of amides is 1. The number of para-hydroxylation sites is 3. The smallest absolute Gasteiger partial charge is 0.273 e. The highest BCUT2D eigenvalue weighted by Crippen LogP contribution is 2.40. The van der Waals surface area contributed by atoms with Crippen LogP contribution in [0.4, 0.5) is 0 Å². The second kappa shape index (κ2) is 6.83. The lowest BCUT2D eigenvalue weighted by Gasteiger charge is -2.23. The van der Waals surface area contributed by atoms with Gasteiger partial charge in [0.2, 0.25) is 0 Å². The number of carbonyl (C=O) groups excluding carboxylic acids is 1. The number of aromatic amines is 1. The van der Waals surface area contributed by atoms with Crippen LogP contribution in [-0.2, 0) is 0 Å². The molecule has 3 heterocycles. The zero-order valence-corrected chi connectivity index (χ0v) is 16.7. The highest BCUT2D eigenvalue weighted by molar-refractivity contribution is 5.94. The number of fused-ring (bicyclic) bond motifs is 1. The molecule has 0 unspecified atom stereocenters. The first-order valence-corrected chi connectivity index (χ1v) is 10.7. The van der Waals surface area contributed by atoms with Gasteiger partial charge in [0.25, 0.3) is 5.91 Å². The monoisotopic (exact) mass is 397 g/mol. The van der Waals surface area contributed by atoms with Crippen LogP contribution in [0.2, 0.25) is 0 Å². The third-order valence-corrected chi connectivity index (χ3v) is 6.18. The lowest BCUT2D eigenvalue weighted by molar-refractivity contribution is 0.0721. The number of rotatable bonds is 4.